The van der Waals surface area contributed by atoms with E-state index in [1.165, 1.54) is 0 Å². The number of aryl methyl sites for hydroxylation is 5. The van der Waals surface area contributed by atoms with Gasteiger partial charge in [-0.2, -0.15) is 5.10 Å². The molecule has 1 atom stereocenters. The van der Waals surface area contributed by atoms with Gasteiger partial charge in [-0.15, -0.1) is 0 Å². The molecule has 2 N–H and O–H groups in total. The van der Waals surface area contributed by atoms with Crippen molar-refractivity contribution in [3.63, 3.8) is 0 Å². The van der Waals surface area contributed by atoms with E-state index in [1.54, 1.807) is 6.07 Å². The fraction of sp³-hybridized carbons (Fsp3) is 0.386. The van der Waals surface area contributed by atoms with Crippen LogP contribution in [0.1, 0.15) is 68.3 Å². The highest BCUT2D eigenvalue weighted by atomic mass is 35.5. The Hall–Kier alpha value is -4.81. The molecule has 298 valence electrons. The van der Waals surface area contributed by atoms with Crippen molar-refractivity contribution >= 4 is 62.5 Å². The van der Waals surface area contributed by atoms with Crippen molar-refractivity contribution in [3.8, 4) is 16.9 Å². The number of primary amides is 1. The van der Waals surface area contributed by atoms with E-state index in [0.717, 1.165) is 97.1 Å². The Morgan fingerprint density at radius 2 is 1.70 bits per heavy atom. The molecule has 1 fully saturated rings. The minimum atomic E-state index is -0.491. The molecule has 5 heterocycles. The standard InChI is InChI=1S/C44H49Cl2N7O4/c1-25-20-31(21-26(2)40(25)46)57-17-7-8-32-33-11-12-35(45)39(38-28(4)48-49(6)29(38)5)41(33)53-27(3)23-52(44(55)42(32)53)37-24-51(14-13-50-15-18-56-19-16-50)36-22-30(43(47)54)9-10-34(36)37/h9-12,20-22,24,27H,7-8,13-19,23H2,1-6H3,(H2,47,54). The third-order valence-corrected chi connectivity index (χ3v) is 12.7. The van der Waals surface area contributed by atoms with Crippen LogP contribution in [0.2, 0.25) is 10.0 Å². The van der Waals surface area contributed by atoms with E-state index in [-0.39, 0.29) is 11.9 Å². The summed E-state index contributed by atoms with van der Waals surface area (Å²) in [6.07, 6.45) is 3.34. The van der Waals surface area contributed by atoms with Gasteiger partial charge in [0.1, 0.15) is 11.4 Å². The fourth-order valence-electron chi connectivity index (χ4n) is 8.84. The van der Waals surface area contributed by atoms with Gasteiger partial charge in [-0.3, -0.25) is 19.2 Å². The minimum Gasteiger partial charge on any atom is -0.494 e. The highest BCUT2D eigenvalue weighted by molar-refractivity contribution is 6.35. The largest absolute Gasteiger partial charge is 0.494 e. The van der Waals surface area contributed by atoms with Crippen molar-refractivity contribution in [3.05, 3.63) is 98.0 Å². The molecule has 1 unspecified atom stereocenters. The number of carbonyl (C=O) groups excluding carboxylic acids is 2. The summed E-state index contributed by atoms with van der Waals surface area (Å²) in [5, 5.41) is 7.99. The number of morpholine rings is 1. The number of halogens is 2. The molecular weight excluding hydrogens is 761 g/mol. The Bertz CT molecular complexity index is 2540. The maximum Gasteiger partial charge on any atom is 0.275 e. The molecular formula is C44H49Cl2N7O4. The predicted octanol–water partition coefficient (Wildman–Crippen LogP) is 8.20. The van der Waals surface area contributed by atoms with Gasteiger partial charge in [0.2, 0.25) is 5.91 Å². The summed E-state index contributed by atoms with van der Waals surface area (Å²) in [4.78, 5) is 32.0. The normalized spacial score (nSPS) is 16.2. The van der Waals surface area contributed by atoms with Crippen molar-refractivity contribution in [2.45, 2.75) is 60.0 Å². The van der Waals surface area contributed by atoms with Gasteiger partial charge >= 0.3 is 0 Å². The molecule has 0 spiro atoms. The zero-order valence-corrected chi connectivity index (χ0v) is 34.9. The molecule has 3 aromatic heterocycles. The maximum atomic E-state index is 15.3. The average Bonchev–Trinajstić information content (AvgIpc) is 3.81. The van der Waals surface area contributed by atoms with E-state index in [4.69, 9.17) is 43.5 Å². The molecule has 2 aliphatic rings. The van der Waals surface area contributed by atoms with Gasteiger partial charge in [0, 0.05) is 90.2 Å². The topological polar surface area (TPSA) is 113 Å². The molecule has 11 nitrogen and oxygen atoms in total. The smallest absolute Gasteiger partial charge is 0.275 e. The highest BCUT2D eigenvalue weighted by Crippen LogP contribution is 2.46. The predicted molar refractivity (Wildman–Crippen MR) is 227 cm³/mol. The number of amides is 2. The Labute approximate surface area is 342 Å². The van der Waals surface area contributed by atoms with Crippen LogP contribution < -0.4 is 15.4 Å². The van der Waals surface area contributed by atoms with Gasteiger partial charge in [-0.25, -0.2) is 0 Å². The number of nitrogens with zero attached hydrogens (tertiary/aromatic N) is 6. The first-order valence-corrected chi connectivity index (χ1v) is 20.4. The zero-order chi connectivity index (χ0) is 40.3. The van der Waals surface area contributed by atoms with Crippen LogP contribution in [0.15, 0.2) is 48.7 Å². The van der Waals surface area contributed by atoms with Crippen molar-refractivity contribution < 1.29 is 19.1 Å². The van der Waals surface area contributed by atoms with Gasteiger partial charge in [0.05, 0.1) is 47.3 Å². The first-order chi connectivity index (χ1) is 27.3. The average molecular weight is 811 g/mol. The van der Waals surface area contributed by atoms with Crippen LogP contribution >= 0.6 is 23.2 Å². The number of aromatic nitrogens is 4. The van der Waals surface area contributed by atoms with Crippen LogP contribution in [0, 0.1) is 27.7 Å². The summed E-state index contributed by atoms with van der Waals surface area (Å²) in [6.45, 7) is 15.7. The van der Waals surface area contributed by atoms with E-state index >= 15 is 4.79 Å². The number of hydrogen-bond donors (Lipinski definition) is 1. The fourth-order valence-corrected chi connectivity index (χ4v) is 9.19. The second-order valence-corrected chi connectivity index (χ2v) is 16.3. The molecule has 57 heavy (non-hydrogen) atoms. The molecule has 3 aromatic carbocycles. The third-order valence-electron chi connectivity index (χ3n) is 11.8. The monoisotopic (exact) mass is 809 g/mol. The van der Waals surface area contributed by atoms with Crippen molar-refractivity contribution in [1.29, 1.82) is 0 Å². The second-order valence-electron chi connectivity index (χ2n) is 15.5. The molecule has 0 aliphatic carbocycles. The zero-order valence-electron chi connectivity index (χ0n) is 33.4. The summed E-state index contributed by atoms with van der Waals surface area (Å²) in [6, 6.07) is 13.3. The molecule has 1 saturated heterocycles. The first-order valence-electron chi connectivity index (χ1n) is 19.6. The number of hydrogen-bond acceptors (Lipinski definition) is 6. The highest BCUT2D eigenvalue weighted by Gasteiger charge is 2.38. The van der Waals surface area contributed by atoms with E-state index < -0.39 is 5.91 Å². The lowest BCUT2D eigenvalue weighted by atomic mass is 9.98. The minimum absolute atomic E-state index is 0.0860. The maximum absolute atomic E-state index is 15.3. The number of fused-ring (bicyclic) bond motifs is 4. The Balaban J connectivity index is 1.23. The molecule has 0 saturated carbocycles. The summed E-state index contributed by atoms with van der Waals surface area (Å²) < 4.78 is 18.1. The number of benzene rings is 3. The first kappa shape index (κ1) is 39.0. The lowest BCUT2D eigenvalue weighted by Gasteiger charge is -2.34. The van der Waals surface area contributed by atoms with E-state index in [2.05, 4.69) is 40.1 Å². The van der Waals surface area contributed by atoms with Gasteiger partial charge < -0.3 is 29.2 Å². The molecule has 8 rings (SSSR count). The van der Waals surface area contributed by atoms with Crippen LogP contribution in [0.5, 0.6) is 5.75 Å². The molecule has 2 amide bonds. The quantitative estimate of drug-likeness (QED) is 0.132. The molecule has 13 heteroatoms. The van der Waals surface area contributed by atoms with Crippen LogP contribution in [-0.2, 0) is 24.8 Å². The molecule has 2 aliphatic heterocycles. The summed E-state index contributed by atoms with van der Waals surface area (Å²) in [5.41, 5.74) is 16.1. The van der Waals surface area contributed by atoms with E-state index in [9.17, 15) is 4.79 Å². The second kappa shape index (κ2) is 15.5. The number of carbonyl (C=O) groups is 2. The van der Waals surface area contributed by atoms with Crippen molar-refractivity contribution in [2.75, 3.05) is 50.9 Å². The summed E-state index contributed by atoms with van der Waals surface area (Å²) in [7, 11) is 1.94. The van der Waals surface area contributed by atoms with Gasteiger partial charge in [0.25, 0.3) is 5.91 Å². The Kier molecular flexibility index (Phi) is 10.6. The lowest BCUT2D eigenvalue weighted by molar-refractivity contribution is 0.0365. The van der Waals surface area contributed by atoms with Crippen LogP contribution in [0.25, 0.3) is 32.9 Å². The van der Waals surface area contributed by atoms with Gasteiger partial charge in [0.15, 0.2) is 0 Å². The van der Waals surface area contributed by atoms with Crippen molar-refractivity contribution in [2.24, 2.45) is 12.8 Å². The van der Waals surface area contributed by atoms with Crippen molar-refractivity contribution in [1.82, 2.24) is 23.8 Å². The molecule has 6 aromatic rings. The molecule has 0 bridgehead atoms. The number of ether oxygens (including phenoxy) is 2. The summed E-state index contributed by atoms with van der Waals surface area (Å²) in [5.74, 6) is 0.197. The number of rotatable bonds is 11. The molecule has 0 radical (unpaired) electrons. The number of anilines is 1. The lowest BCUT2D eigenvalue weighted by Crippen LogP contribution is -2.42. The van der Waals surface area contributed by atoms with Gasteiger partial charge in [-0.05, 0) is 101 Å². The Morgan fingerprint density at radius 3 is 2.39 bits per heavy atom. The van der Waals surface area contributed by atoms with Gasteiger partial charge in [-0.1, -0.05) is 29.3 Å². The van der Waals surface area contributed by atoms with Crippen LogP contribution in [-0.4, -0.2) is 81.6 Å². The Morgan fingerprint density at radius 1 is 0.982 bits per heavy atom. The number of nitrogens with two attached hydrogens (primary N) is 1. The summed E-state index contributed by atoms with van der Waals surface area (Å²) >= 11 is 13.6. The van der Waals surface area contributed by atoms with E-state index in [1.807, 2.05) is 67.7 Å². The SMILES string of the molecule is Cc1cc(OCCCc2c3n(c4c(-c5c(C)nn(C)c5C)c(Cl)ccc24)C(C)CN(c2cn(CCN4CCOCC4)c4cc(C(N)=O)ccc24)C3=O)cc(C)c1Cl. The van der Waals surface area contributed by atoms with E-state index in [0.29, 0.717) is 62.0 Å². The van der Waals surface area contributed by atoms with Crippen LogP contribution in [0.3, 0.4) is 0 Å². The van der Waals surface area contributed by atoms with Crippen LogP contribution in [0.4, 0.5) is 5.69 Å². The third kappa shape index (κ3) is 6.98.